The molecule has 1 saturated heterocycles. The van der Waals surface area contributed by atoms with E-state index in [-0.39, 0.29) is 17.8 Å². The van der Waals surface area contributed by atoms with Crippen LogP contribution in [0.4, 0.5) is 5.13 Å². The number of quaternary nitrogens is 1. The molecule has 22 heavy (non-hydrogen) atoms. The first-order valence-corrected chi connectivity index (χ1v) is 8.27. The fourth-order valence-electron chi connectivity index (χ4n) is 2.51. The quantitative estimate of drug-likeness (QED) is 0.434. The van der Waals surface area contributed by atoms with Gasteiger partial charge >= 0.3 is 5.13 Å². The highest BCUT2D eigenvalue weighted by Crippen LogP contribution is 2.37. The molecule has 3 atom stereocenters. The number of aliphatic hydroxyl groups excluding tert-OH is 1. The minimum Gasteiger partial charge on any atom is -0.623 e. The molecule has 0 radical (unpaired) electrons. The summed E-state index contributed by atoms with van der Waals surface area (Å²) in [5.74, 6) is 0. The topological polar surface area (TPSA) is 90.8 Å². The molecule has 1 fully saturated rings. The molecular weight excluding hydrogens is 308 g/mol. The molecule has 9 heteroatoms. The van der Waals surface area contributed by atoms with Crippen molar-refractivity contribution in [1.29, 1.82) is 0 Å². The maximum atomic E-state index is 13.0. The molecule has 1 aliphatic rings. The van der Waals surface area contributed by atoms with Crippen molar-refractivity contribution in [2.24, 2.45) is 0 Å². The average molecular weight is 332 g/mol. The van der Waals surface area contributed by atoms with Crippen LogP contribution < -0.4 is 9.38 Å². The van der Waals surface area contributed by atoms with Crippen molar-refractivity contribution in [1.82, 2.24) is 19.7 Å². The third kappa shape index (κ3) is 3.55. The molecule has 0 aromatic carbocycles. The lowest BCUT2D eigenvalue weighted by Crippen LogP contribution is -2.51. The lowest BCUT2D eigenvalue weighted by Gasteiger charge is -2.37. The van der Waals surface area contributed by atoms with E-state index in [1.54, 1.807) is 19.1 Å². The van der Waals surface area contributed by atoms with Gasteiger partial charge in [0, 0.05) is 18.4 Å². The van der Waals surface area contributed by atoms with Gasteiger partial charge in [-0.25, -0.2) is 4.90 Å². The summed E-state index contributed by atoms with van der Waals surface area (Å²) in [7, 11) is 3.33. The van der Waals surface area contributed by atoms with E-state index >= 15 is 0 Å². The van der Waals surface area contributed by atoms with Crippen LogP contribution in [0.3, 0.4) is 0 Å². The highest BCUT2D eigenvalue weighted by molar-refractivity contribution is 7.16. The fourth-order valence-corrected chi connectivity index (χ4v) is 3.29. The minimum absolute atomic E-state index is 0.111. The predicted molar refractivity (Wildman–Crippen MR) is 84.4 cm³/mol. The standard InChI is InChI=1S/C13H24N4O4S/c1-4-5-6-7-21-13-15-14-12(22-13)17(19)9-16(2)10(8-20-3)11(17)18/h10-11,18H,4-9H2,1-3H3. The second kappa shape index (κ2) is 7.62. The molecule has 2 heterocycles. The summed E-state index contributed by atoms with van der Waals surface area (Å²) in [4.78, 5) is 1.78. The Balaban J connectivity index is 2.03. The van der Waals surface area contributed by atoms with E-state index in [2.05, 4.69) is 17.1 Å². The number of unbranched alkanes of at least 4 members (excludes halogenated alkanes) is 2. The summed E-state index contributed by atoms with van der Waals surface area (Å²) in [6.07, 6.45) is 2.01. The second-order valence-corrected chi connectivity index (χ2v) is 6.45. The largest absolute Gasteiger partial charge is 0.623 e. The number of ether oxygens (including phenoxy) is 2. The van der Waals surface area contributed by atoms with Crippen molar-refractivity contribution in [3.05, 3.63) is 5.21 Å². The van der Waals surface area contributed by atoms with E-state index < -0.39 is 10.9 Å². The van der Waals surface area contributed by atoms with E-state index in [4.69, 9.17) is 9.47 Å². The number of hydroxylamine groups is 2. The van der Waals surface area contributed by atoms with Gasteiger partial charge in [-0.3, -0.25) is 4.65 Å². The summed E-state index contributed by atoms with van der Waals surface area (Å²) in [6, 6.07) is -0.361. The molecule has 1 aliphatic heterocycles. The summed E-state index contributed by atoms with van der Waals surface area (Å²) in [5.41, 5.74) is 0. The second-order valence-electron chi connectivity index (χ2n) is 5.54. The molecule has 0 aliphatic carbocycles. The summed E-state index contributed by atoms with van der Waals surface area (Å²) < 4.78 is 9.64. The smallest absolute Gasteiger partial charge is 0.313 e. The summed E-state index contributed by atoms with van der Waals surface area (Å²) in [6.45, 7) is 3.09. The van der Waals surface area contributed by atoms with E-state index in [9.17, 15) is 10.3 Å². The number of nitrogens with zero attached hydrogens (tertiary/aromatic N) is 4. The Morgan fingerprint density at radius 1 is 1.45 bits per heavy atom. The zero-order chi connectivity index (χ0) is 16.2. The van der Waals surface area contributed by atoms with Crippen LogP contribution in [0.15, 0.2) is 0 Å². The third-order valence-corrected chi connectivity index (χ3v) is 4.75. The molecule has 126 valence electrons. The van der Waals surface area contributed by atoms with Gasteiger partial charge < -0.3 is 19.8 Å². The Hall–Kier alpha value is -0.840. The van der Waals surface area contributed by atoms with E-state index in [1.165, 1.54) is 0 Å². The van der Waals surface area contributed by atoms with Gasteiger partial charge in [-0.15, -0.1) is 0 Å². The van der Waals surface area contributed by atoms with Crippen LogP contribution in [0.25, 0.3) is 0 Å². The maximum Gasteiger partial charge on any atom is 0.313 e. The van der Waals surface area contributed by atoms with E-state index in [1.807, 2.05) is 0 Å². The minimum atomic E-state index is -1.15. The molecule has 0 bridgehead atoms. The lowest BCUT2D eigenvalue weighted by molar-refractivity contribution is 0.0228. The number of aromatic nitrogens is 2. The van der Waals surface area contributed by atoms with Gasteiger partial charge in [0.2, 0.25) is 6.23 Å². The highest BCUT2D eigenvalue weighted by Gasteiger charge is 2.49. The van der Waals surface area contributed by atoms with Gasteiger partial charge in [-0.1, -0.05) is 30.0 Å². The normalized spacial score (nSPS) is 29.1. The first kappa shape index (κ1) is 17.5. The fraction of sp³-hybridized carbons (Fsp3) is 0.846. The maximum absolute atomic E-state index is 13.0. The molecule has 2 rings (SSSR count). The summed E-state index contributed by atoms with van der Waals surface area (Å²) >= 11 is 1.10. The number of methoxy groups -OCH3 is 1. The van der Waals surface area contributed by atoms with Gasteiger partial charge in [0.05, 0.1) is 13.2 Å². The SMILES string of the molecule is CCCCCOc1nnc([N+]2([O-])CN(C)C(COC)C2O)s1. The van der Waals surface area contributed by atoms with Gasteiger partial charge in [-0.2, -0.15) is 0 Å². The number of likely N-dealkylation sites (N-methyl/N-ethyl adjacent to an activating group) is 1. The van der Waals surface area contributed by atoms with Crippen molar-refractivity contribution in [3.8, 4) is 5.19 Å². The van der Waals surface area contributed by atoms with Gasteiger partial charge in [0.1, 0.15) is 12.7 Å². The predicted octanol–water partition coefficient (Wildman–Crippen LogP) is 1.15. The molecule has 3 unspecified atom stereocenters. The van der Waals surface area contributed by atoms with Gasteiger partial charge in [0.25, 0.3) is 5.19 Å². The first-order valence-electron chi connectivity index (χ1n) is 7.45. The van der Waals surface area contributed by atoms with Crippen molar-refractivity contribution >= 4 is 16.5 Å². The molecule has 0 amide bonds. The Kier molecular flexibility index (Phi) is 6.07. The number of aliphatic hydroxyl groups is 1. The highest BCUT2D eigenvalue weighted by atomic mass is 32.1. The van der Waals surface area contributed by atoms with Crippen LogP contribution in [0, 0.1) is 5.21 Å². The first-order chi connectivity index (χ1) is 10.5. The average Bonchev–Trinajstić information content (AvgIpc) is 3.04. The van der Waals surface area contributed by atoms with Gasteiger partial charge in [0.15, 0.2) is 0 Å². The van der Waals surface area contributed by atoms with Crippen molar-refractivity contribution in [2.45, 2.75) is 38.5 Å². The van der Waals surface area contributed by atoms with Crippen LogP contribution in [0.1, 0.15) is 26.2 Å². The zero-order valence-electron chi connectivity index (χ0n) is 13.3. The Bertz CT molecular complexity index is 475. The molecular formula is C13H24N4O4S. The zero-order valence-corrected chi connectivity index (χ0v) is 14.1. The third-order valence-electron chi connectivity index (χ3n) is 3.80. The molecule has 1 N–H and O–H groups in total. The van der Waals surface area contributed by atoms with E-state index in [0.717, 1.165) is 30.6 Å². The van der Waals surface area contributed by atoms with E-state index in [0.29, 0.717) is 18.4 Å². The number of rotatable bonds is 8. The molecule has 0 spiro atoms. The number of hydrogen-bond acceptors (Lipinski definition) is 8. The molecule has 1 aromatic rings. The van der Waals surface area contributed by atoms with Crippen LogP contribution in [0.2, 0.25) is 0 Å². The Morgan fingerprint density at radius 3 is 2.91 bits per heavy atom. The van der Waals surface area contributed by atoms with Crippen molar-refractivity contribution < 1.29 is 14.6 Å². The lowest BCUT2D eigenvalue weighted by atomic mass is 10.3. The molecule has 0 saturated carbocycles. The monoisotopic (exact) mass is 332 g/mol. The Labute approximate surface area is 134 Å². The summed E-state index contributed by atoms with van der Waals surface area (Å²) in [5, 5.41) is 31.7. The Morgan fingerprint density at radius 2 is 2.23 bits per heavy atom. The van der Waals surface area contributed by atoms with Crippen LogP contribution in [-0.4, -0.2) is 66.5 Å². The van der Waals surface area contributed by atoms with Crippen molar-refractivity contribution in [3.63, 3.8) is 0 Å². The van der Waals surface area contributed by atoms with Crippen molar-refractivity contribution in [2.75, 3.05) is 34.0 Å². The molecule has 8 nitrogen and oxygen atoms in total. The van der Waals surface area contributed by atoms with Crippen LogP contribution in [-0.2, 0) is 4.74 Å². The number of hydrogen-bond donors (Lipinski definition) is 1. The molecule has 1 aromatic heterocycles. The van der Waals surface area contributed by atoms with Gasteiger partial charge in [-0.05, 0) is 13.5 Å². The van der Waals surface area contributed by atoms with Crippen LogP contribution in [0.5, 0.6) is 5.19 Å². The van der Waals surface area contributed by atoms with Crippen LogP contribution >= 0.6 is 11.3 Å².